The normalized spacial score (nSPS) is 17.7. The van der Waals surface area contributed by atoms with Gasteiger partial charge in [0.1, 0.15) is 6.10 Å². The molecule has 0 unspecified atom stereocenters. The fraction of sp³-hybridized carbons (Fsp3) is 0.500. The molecule has 1 aliphatic heterocycles. The third-order valence-electron chi connectivity index (χ3n) is 3.52. The molecule has 5 heteroatoms. The highest BCUT2D eigenvalue weighted by atomic mass is 16.6. The first-order valence-corrected chi connectivity index (χ1v) is 7.41. The summed E-state index contributed by atoms with van der Waals surface area (Å²) in [5, 5.41) is 2.67. The van der Waals surface area contributed by atoms with Crippen molar-refractivity contribution < 1.29 is 14.3 Å². The van der Waals surface area contributed by atoms with E-state index in [9.17, 15) is 9.59 Å². The summed E-state index contributed by atoms with van der Waals surface area (Å²) in [5.41, 5.74) is 2.12. The molecular formula is C16H22N2O3. The van der Waals surface area contributed by atoms with Gasteiger partial charge in [-0.1, -0.05) is 25.5 Å². The maximum absolute atomic E-state index is 11.9. The van der Waals surface area contributed by atoms with Crippen LogP contribution in [0.25, 0.3) is 0 Å². The summed E-state index contributed by atoms with van der Waals surface area (Å²) in [5.74, 6) is -0.121. The molecule has 1 aromatic carbocycles. The first-order valence-electron chi connectivity index (χ1n) is 7.41. The summed E-state index contributed by atoms with van der Waals surface area (Å²) in [6.07, 6.45) is 2.76. The lowest BCUT2D eigenvalue weighted by Gasteiger charge is -2.13. The monoisotopic (exact) mass is 290 g/mol. The van der Waals surface area contributed by atoms with Gasteiger partial charge >= 0.3 is 6.09 Å². The van der Waals surface area contributed by atoms with Crippen LogP contribution in [0.2, 0.25) is 0 Å². The second-order valence-corrected chi connectivity index (χ2v) is 5.32. The minimum atomic E-state index is -0.355. The maximum Gasteiger partial charge on any atom is 0.414 e. The first-order chi connectivity index (χ1) is 10.1. The van der Waals surface area contributed by atoms with Crippen LogP contribution in [0.5, 0.6) is 0 Å². The van der Waals surface area contributed by atoms with Gasteiger partial charge in [-0.2, -0.15) is 0 Å². The van der Waals surface area contributed by atoms with Crippen LogP contribution in [0, 0.1) is 0 Å². The Morgan fingerprint density at radius 3 is 2.71 bits per heavy atom. The average Bonchev–Trinajstić information content (AvgIpc) is 2.84. The predicted molar refractivity (Wildman–Crippen MR) is 81.4 cm³/mol. The van der Waals surface area contributed by atoms with Gasteiger partial charge in [0.05, 0.1) is 13.1 Å². The molecule has 1 aliphatic rings. The predicted octanol–water partition coefficient (Wildman–Crippen LogP) is 2.49. The number of nitrogens with one attached hydrogen (secondary N) is 1. The van der Waals surface area contributed by atoms with E-state index in [1.54, 1.807) is 4.90 Å². The lowest BCUT2D eigenvalue weighted by Crippen LogP contribution is -2.33. The van der Waals surface area contributed by atoms with Gasteiger partial charge in [-0.05, 0) is 30.5 Å². The van der Waals surface area contributed by atoms with E-state index >= 15 is 0 Å². The molecule has 1 aromatic rings. The molecule has 1 fully saturated rings. The maximum atomic E-state index is 11.9. The molecule has 0 radical (unpaired) electrons. The third-order valence-corrected chi connectivity index (χ3v) is 3.52. The van der Waals surface area contributed by atoms with Crippen molar-refractivity contribution in [2.24, 2.45) is 0 Å². The fourth-order valence-electron chi connectivity index (χ4n) is 2.32. The number of unbranched alkanes of at least 4 members (excludes halogenated alkanes) is 1. The van der Waals surface area contributed by atoms with Crippen LogP contribution in [0.1, 0.15) is 32.3 Å². The molecule has 0 spiro atoms. The van der Waals surface area contributed by atoms with Crippen molar-refractivity contribution in [1.82, 2.24) is 5.32 Å². The van der Waals surface area contributed by atoms with Crippen molar-refractivity contribution in [3.8, 4) is 0 Å². The number of benzene rings is 1. The standard InChI is InChI=1S/C16H22N2O3/c1-3-4-5-13-6-8-14(9-7-13)18-11-15(21-16(18)20)10-17-12(2)19/h6-9,15H,3-5,10-11H2,1-2H3,(H,17,19)/t15-/m0/s1. The Morgan fingerprint density at radius 2 is 2.10 bits per heavy atom. The van der Waals surface area contributed by atoms with Crippen LogP contribution in [0.15, 0.2) is 24.3 Å². The highest BCUT2D eigenvalue weighted by Gasteiger charge is 2.32. The summed E-state index contributed by atoms with van der Waals surface area (Å²) in [6, 6.07) is 8.01. The molecule has 2 rings (SSSR count). The van der Waals surface area contributed by atoms with Crippen molar-refractivity contribution in [3.05, 3.63) is 29.8 Å². The second-order valence-electron chi connectivity index (χ2n) is 5.32. The average molecular weight is 290 g/mol. The Morgan fingerprint density at radius 1 is 1.38 bits per heavy atom. The van der Waals surface area contributed by atoms with Crippen LogP contribution in [-0.4, -0.2) is 31.2 Å². The second kappa shape index (κ2) is 7.11. The van der Waals surface area contributed by atoms with Crippen LogP contribution in [0.4, 0.5) is 10.5 Å². The van der Waals surface area contributed by atoms with Gasteiger partial charge in [0, 0.05) is 12.6 Å². The number of cyclic esters (lactones) is 1. The number of carbonyl (C=O) groups excluding carboxylic acids is 2. The highest BCUT2D eigenvalue weighted by molar-refractivity contribution is 5.89. The molecule has 2 amide bonds. The smallest absolute Gasteiger partial charge is 0.414 e. The van der Waals surface area contributed by atoms with Gasteiger partial charge in [-0.25, -0.2) is 4.79 Å². The van der Waals surface area contributed by atoms with Gasteiger partial charge < -0.3 is 10.1 Å². The third kappa shape index (κ3) is 4.21. The van der Waals surface area contributed by atoms with E-state index in [2.05, 4.69) is 24.4 Å². The topological polar surface area (TPSA) is 58.6 Å². The molecule has 1 saturated heterocycles. The van der Waals surface area contributed by atoms with E-state index in [0.29, 0.717) is 13.1 Å². The van der Waals surface area contributed by atoms with Gasteiger partial charge in [0.15, 0.2) is 0 Å². The minimum absolute atomic E-state index is 0.121. The molecule has 1 N–H and O–H groups in total. The molecule has 1 atom stereocenters. The van der Waals surface area contributed by atoms with Crippen LogP contribution < -0.4 is 10.2 Å². The van der Waals surface area contributed by atoms with E-state index in [-0.39, 0.29) is 18.1 Å². The molecule has 21 heavy (non-hydrogen) atoms. The number of ether oxygens (including phenoxy) is 1. The number of carbonyl (C=O) groups is 2. The fourth-order valence-corrected chi connectivity index (χ4v) is 2.32. The molecule has 0 aromatic heterocycles. The summed E-state index contributed by atoms with van der Waals surface area (Å²) < 4.78 is 5.25. The van der Waals surface area contributed by atoms with Crippen molar-refractivity contribution in [2.45, 2.75) is 39.2 Å². The molecular weight excluding hydrogens is 268 g/mol. The van der Waals surface area contributed by atoms with Crippen molar-refractivity contribution in [2.75, 3.05) is 18.0 Å². The SMILES string of the molecule is CCCCc1ccc(N2C[C@H](CNC(C)=O)OC2=O)cc1. The van der Waals surface area contributed by atoms with Gasteiger partial charge in [-0.3, -0.25) is 9.69 Å². The number of anilines is 1. The Labute approximate surface area is 125 Å². The van der Waals surface area contributed by atoms with Gasteiger partial charge in [0.25, 0.3) is 0 Å². The van der Waals surface area contributed by atoms with Crippen LogP contribution in [-0.2, 0) is 16.0 Å². The molecule has 1 heterocycles. The van der Waals surface area contributed by atoms with Crippen molar-refractivity contribution in [1.29, 1.82) is 0 Å². The van der Waals surface area contributed by atoms with E-state index in [4.69, 9.17) is 4.74 Å². The Kier molecular flexibility index (Phi) is 5.20. The molecule has 0 aliphatic carbocycles. The quantitative estimate of drug-likeness (QED) is 0.875. The summed E-state index contributed by atoms with van der Waals surface area (Å²) in [4.78, 5) is 24.4. The van der Waals surface area contributed by atoms with Crippen LogP contribution >= 0.6 is 0 Å². The lowest BCUT2D eigenvalue weighted by atomic mass is 10.1. The minimum Gasteiger partial charge on any atom is -0.442 e. The number of hydrogen-bond donors (Lipinski definition) is 1. The highest BCUT2D eigenvalue weighted by Crippen LogP contribution is 2.22. The van der Waals surface area contributed by atoms with Crippen molar-refractivity contribution >= 4 is 17.7 Å². The number of rotatable bonds is 6. The number of aryl methyl sites for hydroxylation is 1. The van der Waals surface area contributed by atoms with Gasteiger partial charge in [-0.15, -0.1) is 0 Å². The summed E-state index contributed by atoms with van der Waals surface area (Å²) in [7, 11) is 0. The summed E-state index contributed by atoms with van der Waals surface area (Å²) >= 11 is 0. The van der Waals surface area contributed by atoms with E-state index in [1.165, 1.54) is 25.3 Å². The lowest BCUT2D eigenvalue weighted by molar-refractivity contribution is -0.119. The Hall–Kier alpha value is -2.04. The molecule has 5 nitrogen and oxygen atoms in total. The first kappa shape index (κ1) is 15.4. The Balaban J connectivity index is 1.95. The number of nitrogens with zero attached hydrogens (tertiary/aromatic N) is 1. The van der Waals surface area contributed by atoms with E-state index < -0.39 is 0 Å². The molecule has 114 valence electrons. The largest absolute Gasteiger partial charge is 0.442 e. The van der Waals surface area contributed by atoms with Crippen LogP contribution in [0.3, 0.4) is 0 Å². The zero-order valence-corrected chi connectivity index (χ0v) is 12.6. The number of hydrogen-bond acceptors (Lipinski definition) is 3. The van der Waals surface area contributed by atoms with Crippen molar-refractivity contribution in [3.63, 3.8) is 0 Å². The Bertz CT molecular complexity index is 499. The van der Waals surface area contributed by atoms with Gasteiger partial charge in [0.2, 0.25) is 5.91 Å². The molecule has 0 bridgehead atoms. The molecule has 0 saturated carbocycles. The van der Waals surface area contributed by atoms with E-state index in [1.807, 2.05) is 12.1 Å². The zero-order valence-electron chi connectivity index (χ0n) is 12.6. The summed E-state index contributed by atoms with van der Waals surface area (Å²) in [6.45, 7) is 4.44. The zero-order chi connectivity index (χ0) is 15.2. The number of amides is 2. The van der Waals surface area contributed by atoms with E-state index in [0.717, 1.165) is 12.1 Å².